The van der Waals surface area contributed by atoms with Gasteiger partial charge in [-0.1, -0.05) is 146 Å². The van der Waals surface area contributed by atoms with Gasteiger partial charge in [-0.25, -0.2) is 19.3 Å². The molecule has 0 aliphatic rings. The van der Waals surface area contributed by atoms with E-state index in [1.807, 2.05) is 48.5 Å². The van der Waals surface area contributed by atoms with E-state index in [1.54, 1.807) is 18.2 Å². The van der Waals surface area contributed by atoms with Gasteiger partial charge in [-0.3, -0.25) is 4.79 Å². The molecule has 0 fully saturated rings. The Kier molecular flexibility index (Phi) is 23.5. The highest BCUT2D eigenvalue weighted by atomic mass is 28.4. The van der Waals surface area contributed by atoms with Gasteiger partial charge >= 0.3 is 18.2 Å². The minimum atomic E-state index is -1.95. The number of hydrogen-bond acceptors (Lipinski definition) is 8. The van der Waals surface area contributed by atoms with E-state index in [4.69, 9.17) is 24.4 Å². The molecule has 57 heavy (non-hydrogen) atoms. The monoisotopic (exact) mass is 807 g/mol. The predicted octanol–water partition coefficient (Wildman–Crippen LogP) is 10.8. The SMILES string of the molecule is CCCCCCCCCCC/C=C(\C(=O)CCCO[Si](C)(C)C(C)(C)C)C(=O)OCCCCN(C(=O)OCc1ccccc1)/C(N)=N/C(=O)OCc1ccccc1. The Labute approximate surface area is 342 Å². The molecule has 0 aromatic heterocycles. The van der Waals surface area contributed by atoms with E-state index in [0.29, 0.717) is 32.3 Å². The fraction of sp³-hybridized carbons (Fsp3) is 0.578. The fourth-order valence-electron chi connectivity index (χ4n) is 5.54. The number of allylic oxidation sites excluding steroid dienone is 1. The molecule has 2 aromatic carbocycles. The molecule has 0 bridgehead atoms. The quantitative estimate of drug-likeness (QED) is 0.0113. The first-order valence-electron chi connectivity index (χ1n) is 20.8. The molecule has 2 aromatic rings. The average molecular weight is 808 g/mol. The van der Waals surface area contributed by atoms with Crippen LogP contribution in [0.4, 0.5) is 9.59 Å². The van der Waals surface area contributed by atoms with Crippen LogP contribution in [0.25, 0.3) is 0 Å². The third kappa shape index (κ3) is 20.6. The van der Waals surface area contributed by atoms with Crippen LogP contribution in [0, 0.1) is 0 Å². The predicted molar refractivity (Wildman–Crippen MR) is 229 cm³/mol. The van der Waals surface area contributed by atoms with Gasteiger partial charge in [0.1, 0.15) is 13.2 Å². The second-order valence-electron chi connectivity index (χ2n) is 15.9. The summed E-state index contributed by atoms with van der Waals surface area (Å²) in [6.07, 6.45) is 12.6. The third-order valence-corrected chi connectivity index (χ3v) is 14.7. The fourth-order valence-corrected chi connectivity index (χ4v) is 6.63. The topological polar surface area (TPSA) is 147 Å². The Morgan fingerprint density at radius 1 is 0.719 bits per heavy atom. The molecule has 316 valence electrons. The molecule has 2 N–H and O–H groups in total. The van der Waals surface area contributed by atoms with Crippen molar-refractivity contribution in [2.24, 2.45) is 10.7 Å². The number of nitrogens with zero attached hydrogens (tertiary/aromatic N) is 2. The van der Waals surface area contributed by atoms with Crippen molar-refractivity contribution in [3.63, 3.8) is 0 Å². The molecular weight excluding hydrogens is 739 g/mol. The van der Waals surface area contributed by atoms with Gasteiger partial charge in [0.05, 0.1) is 12.2 Å². The summed E-state index contributed by atoms with van der Waals surface area (Å²) < 4.78 is 22.5. The zero-order valence-electron chi connectivity index (χ0n) is 35.5. The molecular formula is C45H69N3O8Si. The van der Waals surface area contributed by atoms with Crippen molar-refractivity contribution in [1.82, 2.24) is 4.90 Å². The maximum atomic E-state index is 13.4. The number of ketones is 1. The summed E-state index contributed by atoms with van der Waals surface area (Å²) in [6.45, 7) is 13.6. The van der Waals surface area contributed by atoms with E-state index in [0.717, 1.165) is 35.3 Å². The van der Waals surface area contributed by atoms with E-state index in [1.165, 1.54) is 38.5 Å². The number of aliphatic imine (C=N–C) groups is 1. The summed E-state index contributed by atoms with van der Waals surface area (Å²) in [5.74, 6) is -1.28. The number of hydrogen-bond donors (Lipinski definition) is 1. The van der Waals surface area contributed by atoms with Crippen LogP contribution in [-0.4, -0.2) is 62.9 Å². The van der Waals surface area contributed by atoms with Crippen molar-refractivity contribution in [2.75, 3.05) is 19.8 Å². The van der Waals surface area contributed by atoms with Gasteiger partial charge in [0.15, 0.2) is 14.1 Å². The summed E-state index contributed by atoms with van der Waals surface area (Å²) in [6, 6.07) is 18.3. The number of unbranched alkanes of at least 4 members (excludes halogenated alkanes) is 10. The van der Waals surface area contributed by atoms with Crippen LogP contribution in [0.5, 0.6) is 0 Å². The van der Waals surface area contributed by atoms with Crippen LogP contribution in [0.1, 0.15) is 129 Å². The first kappa shape index (κ1) is 48.9. The molecule has 0 saturated heterocycles. The number of nitrogens with two attached hydrogens (primary N) is 1. The van der Waals surface area contributed by atoms with E-state index in [9.17, 15) is 19.2 Å². The minimum Gasteiger partial charge on any atom is -0.462 e. The van der Waals surface area contributed by atoms with Gasteiger partial charge in [-0.2, -0.15) is 0 Å². The Hall–Kier alpha value is -4.29. The second kappa shape index (κ2) is 27.4. The Bertz CT molecular complexity index is 1540. The van der Waals surface area contributed by atoms with Crippen molar-refractivity contribution < 1.29 is 37.8 Å². The van der Waals surface area contributed by atoms with Crippen molar-refractivity contribution in [3.05, 3.63) is 83.4 Å². The zero-order chi connectivity index (χ0) is 41.9. The molecule has 0 atom stereocenters. The molecule has 0 spiro atoms. The minimum absolute atomic E-state index is 0.00980. The van der Waals surface area contributed by atoms with Gasteiger partial charge in [-0.05, 0) is 61.4 Å². The number of ether oxygens (including phenoxy) is 3. The number of benzene rings is 2. The summed E-state index contributed by atoms with van der Waals surface area (Å²) in [5.41, 5.74) is 7.76. The second-order valence-corrected chi connectivity index (χ2v) is 20.7. The Morgan fingerprint density at radius 2 is 1.28 bits per heavy atom. The standard InChI is InChI=1S/C45H69N3O8Si/c1-7-8-9-10-11-12-13-14-15-22-30-39(40(49)31-25-34-56-57(5,6)45(2,3)4)41(50)53-33-24-23-32-48(44(52)55-36-38-28-20-17-21-29-38)42(46)47-43(51)54-35-37-26-18-16-19-27-37/h16-21,26-30H,7-15,22-25,31-36H2,1-6H3,(H2,46,47,51)/b39-30+. The number of carbonyl (C=O) groups excluding carboxylic acids is 4. The molecule has 0 radical (unpaired) electrons. The molecule has 11 nitrogen and oxygen atoms in total. The number of guanidine groups is 1. The van der Waals surface area contributed by atoms with Gasteiger partial charge < -0.3 is 24.4 Å². The van der Waals surface area contributed by atoms with Gasteiger partial charge in [-0.15, -0.1) is 4.99 Å². The largest absolute Gasteiger partial charge is 0.462 e. The first-order valence-corrected chi connectivity index (χ1v) is 23.7. The molecule has 2 amide bonds. The van der Waals surface area contributed by atoms with E-state index in [2.05, 4.69) is 45.8 Å². The molecule has 0 saturated carbocycles. The van der Waals surface area contributed by atoms with Crippen molar-refractivity contribution in [2.45, 2.75) is 149 Å². The number of esters is 1. The summed E-state index contributed by atoms with van der Waals surface area (Å²) in [7, 11) is -1.95. The molecule has 0 unspecified atom stereocenters. The van der Waals surface area contributed by atoms with E-state index >= 15 is 0 Å². The van der Waals surface area contributed by atoms with Crippen LogP contribution in [0.3, 0.4) is 0 Å². The van der Waals surface area contributed by atoms with Gasteiger partial charge in [0, 0.05) is 19.6 Å². The maximum absolute atomic E-state index is 13.4. The maximum Gasteiger partial charge on any atom is 0.437 e. The number of amides is 2. The number of Topliss-reactive ketones (excluding diaryl/α,β-unsaturated/α-hetero) is 1. The highest BCUT2D eigenvalue weighted by Crippen LogP contribution is 2.36. The lowest BCUT2D eigenvalue weighted by molar-refractivity contribution is -0.140. The van der Waals surface area contributed by atoms with Crippen LogP contribution in [-0.2, 0) is 41.4 Å². The normalized spacial score (nSPS) is 12.2. The van der Waals surface area contributed by atoms with Crippen molar-refractivity contribution >= 4 is 38.2 Å². The van der Waals surface area contributed by atoms with E-state index in [-0.39, 0.29) is 55.1 Å². The average Bonchev–Trinajstić information content (AvgIpc) is 3.18. The molecule has 12 heteroatoms. The molecule has 0 heterocycles. The van der Waals surface area contributed by atoms with Crippen molar-refractivity contribution in [1.29, 1.82) is 0 Å². The summed E-state index contributed by atoms with van der Waals surface area (Å²) in [5, 5.41) is 0.0633. The first-order chi connectivity index (χ1) is 27.2. The van der Waals surface area contributed by atoms with Gasteiger partial charge in [0.25, 0.3) is 0 Å². The number of rotatable bonds is 26. The molecule has 0 aliphatic carbocycles. The van der Waals surface area contributed by atoms with Crippen molar-refractivity contribution in [3.8, 4) is 0 Å². The zero-order valence-corrected chi connectivity index (χ0v) is 36.5. The highest BCUT2D eigenvalue weighted by molar-refractivity contribution is 6.74. The van der Waals surface area contributed by atoms with Crippen LogP contribution < -0.4 is 5.73 Å². The van der Waals surface area contributed by atoms with Crippen LogP contribution >= 0.6 is 0 Å². The number of carbonyl (C=O) groups is 4. The smallest absolute Gasteiger partial charge is 0.437 e. The highest BCUT2D eigenvalue weighted by Gasteiger charge is 2.37. The molecule has 2 rings (SSSR count). The molecule has 0 aliphatic heterocycles. The lowest BCUT2D eigenvalue weighted by Crippen LogP contribution is -2.43. The van der Waals surface area contributed by atoms with Crippen LogP contribution in [0.2, 0.25) is 18.1 Å². The third-order valence-electron chi connectivity index (χ3n) is 10.1. The Morgan fingerprint density at radius 3 is 1.86 bits per heavy atom. The summed E-state index contributed by atoms with van der Waals surface area (Å²) in [4.78, 5) is 57.2. The lowest BCUT2D eigenvalue weighted by Gasteiger charge is -2.36. The van der Waals surface area contributed by atoms with Crippen LogP contribution in [0.15, 0.2) is 77.3 Å². The lowest BCUT2D eigenvalue weighted by atomic mass is 10.0. The Balaban J connectivity index is 1.99. The van der Waals surface area contributed by atoms with Gasteiger partial charge in [0.2, 0.25) is 5.96 Å². The van der Waals surface area contributed by atoms with E-state index < -0.39 is 26.5 Å². The summed E-state index contributed by atoms with van der Waals surface area (Å²) >= 11 is 0.